The molecular weight excluding hydrogens is 450 g/mol. The minimum atomic E-state index is 0.404. The van der Waals surface area contributed by atoms with Crippen LogP contribution in [-0.2, 0) is 0 Å². The van der Waals surface area contributed by atoms with Crippen molar-refractivity contribution in [3.05, 3.63) is 124 Å². The summed E-state index contributed by atoms with van der Waals surface area (Å²) in [7, 11) is 0. The fraction of sp³-hybridized carbons (Fsp3) is 0.161. The Kier molecular flexibility index (Phi) is 7.79. The Morgan fingerprint density at radius 1 is 1.03 bits per heavy atom. The van der Waals surface area contributed by atoms with E-state index in [9.17, 15) is 0 Å². The second-order valence-electron chi connectivity index (χ2n) is 8.90. The summed E-state index contributed by atoms with van der Waals surface area (Å²) in [6.45, 7) is 5.93. The van der Waals surface area contributed by atoms with Gasteiger partial charge in [0.1, 0.15) is 0 Å². The summed E-state index contributed by atoms with van der Waals surface area (Å²) in [5.74, 6) is 0.404. The molecule has 0 aliphatic heterocycles. The average Bonchev–Trinajstić information content (AvgIpc) is 2.84. The second-order valence-corrected chi connectivity index (χ2v) is 9.30. The van der Waals surface area contributed by atoms with Crippen molar-refractivity contribution in [3.63, 3.8) is 0 Å². The number of aromatic nitrogens is 1. The Morgan fingerprint density at radius 3 is 2.17 bits per heavy atom. The van der Waals surface area contributed by atoms with Crippen molar-refractivity contribution in [2.24, 2.45) is 11.7 Å². The lowest BCUT2D eigenvalue weighted by molar-refractivity contribution is 0.400. The summed E-state index contributed by atoms with van der Waals surface area (Å²) >= 11 is 6.70. The summed E-state index contributed by atoms with van der Waals surface area (Å²) in [6.07, 6.45) is 12.1. The number of nitrogens with zero attached hydrogens (tertiary/aromatic N) is 1. The van der Waals surface area contributed by atoms with E-state index in [2.05, 4.69) is 49.1 Å². The molecule has 0 atom stereocenters. The number of allylic oxidation sites excluding steroid dienone is 4. The first kappa shape index (κ1) is 24.4. The predicted molar refractivity (Wildman–Crippen MR) is 150 cm³/mol. The van der Waals surface area contributed by atoms with E-state index in [4.69, 9.17) is 27.7 Å². The van der Waals surface area contributed by atoms with E-state index >= 15 is 0 Å². The number of halogens is 1. The molecule has 0 saturated heterocycles. The first-order chi connectivity index (χ1) is 17.0. The van der Waals surface area contributed by atoms with Crippen molar-refractivity contribution >= 4 is 40.6 Å². The molecule has 1 aliphatic rings. The molecular formula is C31H30ClN3. The summed E-state index contributed by atoms with van der Waals surface area (Å²) < 4.78 is 0. The maximum atomic E-state index is 7.63. The van der Waals surface area contributed by atoms with Gasteiger partial charge in [0.2, 0.25) is 0 Å². The number of benzene rings is 2. The average molecular weight is 480 g/mol. The van der Waals surface area contributed by atoms with Gasteiger partial charge in [0.15, 0.2) is 0 Å². The lowest BCUT2D eigenvalue weighted by Gasteiger charge is -2.31. The van der Waals surface area contributed by atoms with Gasteiger partial charge in [-0.1, -0.05) is 90.9 Å². The Labute approximate surface area is 212 Å². The standard InChI is InChI=1S/C31H30ClN3/c1-21(2)8-9-22-10-12-25(13-11-22)29(26-16-14-23(15-17-26)27(19-33)20-34)30(24-5-3-6-24)31-28(32)7-4-18-35-31/h4,7-20,24,33H,1,3,5-6,34H2,2H3/b9-8+,27-20?,30-29+,33-19?. The highest BCUT2D eigenvalue weighted by Crippen LogP contribution is 2.46. The molecule has 3 N–H and O–H groups in total. The first-order valence-electron chi connectivity index (χ1n) is 11.8. The van der Waals surface area contributed by atoms with Crippen LogP contribution in [0.4, 0.5) is 0 Å². The van der Waals surface area contributed by atoms with Gasteiger partial charge in [0.25, 0.3) is 0 Å². The monoisotopic (exact) mass is 479 g/mol. The lowest BCUT2D eigenvalue weighted by Crippen LogP contribution is -2.16. The van der Waals surface area contributed by atoms with Crippen LogP contribution in [0.2, 0.25) is 5.02 Å². The summed E-state index contributed by atoms with van der Waals surface area (Å²) in [6, 6.07) is 20.6. The van der Waals surface area contributed by atoms with E-state index in [1.807, 2.05) is 43.5 Å². The number of nitrogens with one attached hydrogen (secondary N) is 1. The first-order valence-corrected chi connectivity index (χ1v) is 12.2. The number of hydrogen-bond acceptors (Lipinski definition) is 3. The zero-order chi connectivity index (χ0) is 24.8. The molecule has 1 aromatic heterocycles. The van der Waals surface area contributed by atoms with E-state index in [1.165, 1.54) is 24.4 Å². The molecule has 0 spiro atoms. The quantitative estimate of drug-likeness (QED) is 0.253. The zero-order valence-electron chi connectivity index (χ0n) is 20.0. The van der Waals surface area contributed by atoms with Crippen LogP contribution in [0, 0.1) is 11.3 Å². The highest BCUT2D eigenvalue weighted by atomic mass is 35.5. The number of rotatable bonds is 8. The molecule has 35 heavy (non-hydrogen) atoms. The molecule has 0 radical (unpaired) electrons. The van der Waals surface area contributed by atoms with Gasteiger partial charge in [-0.3, -0.25) is 4.98 Å². The lowest BCUT2D eigenvalue weighted by atomic mass is 9.74. The van der Waals surface area contributed by atoms with Crippen LogP contribution in [0.3, 0.4) is 0 Å². The largest absolute Gasteiger partial charge is 0.404 e. The van der Waals surface area contributed by atoms with Crippen LogP contribution < -0.4 is 5.73 Å². The fourth-order valence-electron chi connectivity index (χ4n) is 4.33. The van der Waals surface area contributed by atoms with Crippen molar-refractivity contribution in [2.45, 2.75) is 26.2 Å². The van der Waals surface area contributed by atoms with Crippen LogP contribution in [0.1, 0.15) is 54.1 Å². The Hall–Kier alpha value is -3.69. The fourth-order valence-corrected chi connectivity index (χ4v) is 4.55. The molecule has 0 bridgehead atoms. The maximum absolute atomic E-state index is 7.63. The van der Waals surface area contributed by atoms with Gasteiger partial charge in [0.05, 0.1) is 10.7 Å². The Bertz CT molecular complexity index is 1310. The summed E-state index contributed by atoms with van der Waals surface area (Å²) in [5, 5.41) is 8.30. The molecule has 2 aromatic carbocycles. The van der Waals surface area contributed by atoms with Crippen LogP contribution in [0.5, 0.6) is 0 Å². The third kappa shape index (κ3) is 5.52. The van der Waals surface area contributed by atoms with Crippen LogP contribution in [-0.4, -0.2) is 11.2 Å². The summed E-state index contributed by atoms with van der Waals surface area (Å²) in [5.41, 5.74) is 14.8. The molecule has 0 amide bonds. The van der Waals surface area contributed by atoms with Crippen molar-refractivity contribution in [1.29, 1.82) is 5.41 Å². The van der Waals surface area contributed by atoms with Gasteiger partial charge in [-0.25, -0.2) is 0 Å². The van der Waals surface area contributed by atoms with Crippen molar-refractivity contribution < 1.29 is 0 Å². The molecule has 0 unspecified atom stereocenters. The van der Waals surface area contributed by atoms with Gasteiger partial charge in [-0.05, 0) is 71.2 Å². The van der Waals surface area contributed by atoms with E-state index in [1.54, 1.807) is 0 Å². The highest BCUT2D eigenvalue weighted by molar-refractivity contribution is 6.32. The topological polar surface area (TPSA) is 62.8 Å². The molecule has 4 rings (SSSR count). The molecule has 1 heterocycles. The minimum absolute atomic E-state index is 0.404. The van der Waals surface area contributed by atoms with E-state index in [-0.39, 0.29) is 0 Å². The van der Waals surface area contributed by atoms with Crippen LogP contribution in [0.25, 0.3) is 22.8 Å². The molecule has 1 saturated carbocycles. The highest BCUT2D eigenvalue weighted by Gasteiger charge is 2.29. The van der Waals surface area contributed by atoms with Crippen molar-refractivity contribution in [1.82, 2.24) is 4.98 Å². The van der Waals surface area contributed by atoms with E-state index in [0.29, 0.717) is 16.5 Å². The predicted octanol–water partition coefficient (Wildman–Crippen LogP) is 8.03. The van der Waals surface area contributed by atoms with Gasteiger partial charge in [0, 0.05) is 24.2 Å². The third-order valence-electron chi connectivity index (χ3n) is 6.40. The van der Waals surface area contributed by atoms with Crippen LogP contribution in [0.15, 0.2) is 91.3 Å². The molecule has 1 aliphatic carbocycles. The number of nitrogens with two attached hydrogens (primary N) is 1. The van der Waals surface area contributed by atoms with Gasteiger partial charge in [-0.15, -0.1) is 0 Å². The summed E-state index contributed by atoms with van der Waals surface area (Å²) in [4.78, 5) is 4.73. The zero-order valence-corrected chi connectivity index (χ0v) is 20.7. The molecule has 3 aromatic rings. The number of pyridine rings is 1. The Morgan fingerprint density at radius 2 is 1.66 bits per heavy atom. The van der Waals surface area contributed by atoms with Gasteiger partial charge < -0.3 is 11.1 Å². The number of hydrogen-bond donors (Lipinski definition) is 2. The van der Waals surface area contributed by atoms with Gasteiger partial charge in [-0.2, -0.15) is 0 Å². The van der Waals surface area contributed by atoms with Crippen LogP contribution >= 0.6 is 11.6 Å². The Balaban J connectivity index is 1.92. The van der Waals surface area contributed by atoms with Gasteiger partial charge >= 0.3 is 0 Å². The van der Waals surface area contributed by atoms with Crippen molar-refractivity contribution in [3.8, 4) is 0 Å². The molecule has 3 nitrogen and oxygen atoms in total. The van der Waals surface area contributed by atoms with Crippen molar-refractivity contribution in [2.75, 3.05) is 0 Å². The maximum Gasteiger partial charge on any atom is 0.0856 e. The minimum Gasteiger partial charge on any atom is -0.404 e. The molecule has 1 fully saturated rings. The smallest absolute Gasteiger partial charge is 0.0856 e. The second kappa shape index (κ2) is 11.2. The van der Waals surface area contributed by atoms with E-state index < -0.39 is 0 Å². The SMILES string of the molecule is C=C(C)/C=C/c1ccc(/C(=C(\c2ncccc2Cl)C2CCC2)c2ccc(C(C=N)=CN)cc2)cc1. The third-order valence-corrected chi connectivity index (χ3v) is 6.70. The molecule has 4 heteroatoms. The molecule has 176 valence electrons. The normalized spacial score (nSPS) is 15.0. The van der Waals surface area contributed by atoms with E-state index in [0.717, 1.165) is 51.9 Å².